The van der Waals surface area contributed by atoms with Crippen LogP contribution >= 0.6 is 0 Å². The Morgan fingerprint density at radius 3 is 2.57 bits per heavy atom. The van der Waals surface area contributed by atoms with E-state index in [0.29, 0.717) is 10.8 Å². The summed E-state index contributed by atoms with van der Waals surface area (Å²) in [5.74, 6) is 0.609. The van der Waals surface area contributed by atoms with Gasteiger partial charge in [-0.05, 0) is 49.4 Å². The van der Waals surface area contributed by atoms with Gasteiger partial charge in [0.25, 0.3) is 0 Å². The topological polar surface area (TPSA) is 75.3 Å². The zero-order valence-electron chi connectivity index (χ0n) is 12.5. The third kappa shape index (κ3) is 4.46. The number of anilines is 1. The number of aryl methyl sites for hydroxylation is 1. The van der Waals surface area contributed by atoms with E-state index >= 15 is 0 Å². The maximum atomic E-state index is 11.7. The van der Waals surface area contributed by atoms with E-state index < -0.39 is 9.84 Å². The Labute approximate surface area is 126 Å². The fourth-order valence-electron chi connectivity index (χ4n) is 2.26. The fourth-order valence-corrected chi connectivity index (χ4v) is 2.96. The van der Waals surface area contributed by atoms with Crippen LogP contribution in [0.2, 0.25) is 0 Å². The van der Waals surface area contributed by atoms with Crippen molar-refractivity contribution in [2.45, 2.75) is 31.1 Å². The van der Waals surface area contributed by atoms with Gasteiger partial charge in [-0.25, -0.2) is 8.42 Å². The molecule has 0 spiro atoms. The minimum absolute atomic E-state index is 0.0338. The number of amides is 1. The van der Waals surface area contributed by atoms with E-state index in [1.54, 1.807) is 18.2 Å². The van der Waals surface area contributed by atoms with Gasteiger partial charge >= 0.3 is 0 Å². The van der Waals surface area contributed by atoms with Crippen LogP contribution in [0.3, 0.4) is 0 Å². The molecular formula is C15H22N2O3S. The summed E-state index contributed by atoms with van der Waals surface area (Å²) in [6, 6.07) is 4.87. The molecule has 0 atom stereocenters. The van der Waals surface area contributed by atoms with Gasteiger partial charge in [-0.1, -0.05) is 6.42 Å². The minimum atomic E-state index is -3.20. The van der Waals surface area contributed by atoms with Crippen molar-refractivity contribution in [1.29, 1.82) is 0 Å². The number of carbonyl (C=O) groups excluding carboxylic acids is 1. The van der Waals surface area contributed by atoms with Gasteiger partial charge in [0, 0.05) is 18.5 Å². The normalized spacial score (nSPS) is 15.3. The first kappa shape index (κ1) is 15.8. The number of hydrogen-bond donors (Lipinski definition) is 2. The third-order valence-electron chi connectivity index (χ3n) is 3.88. The summed E-state index contributed by atoms with van der Waals surface area (Å²) < 4.78 is 22.9. The summed E-state index contributed by atoms with van der Waals surface area (Å²) in [7, 11) is -3.20. The van der Waals surface area contributed by atoms with Crippen molar-refractivity contribution in [2.24, 2.45) is 5.92 Å². The van der Waals surface area contributed by atoms with Crippen molar-refractivity contribution in [2.75, 3.05) is 24.7 Å². The van der Waals surface area contributed by atoms with Crippen molar-refractivity contribution in [3.8, 4) is 0 Å². The second-order valence-electron chi connectivity index (χ2n) is 5.70. The van der Waals surface area contributed by atoms with Gasteiger partial charge in [0.15, 0.2) is 9.84 Å². The maximum Gasteiger partial charge on any atom is 0.239 e. The number of rotatable bonds is 6. The lowest BCUT2D eigenvalue weighted by Crippen LogP contribution is -2.35. The quantitative estimate of drug-likeness (QED) is 0.839. The molecule has 0 radical (unpaired) electrons. The lowest BCUT2D eigenvalue weighted by Gasteiger charge is -2.25. The zero-order chi connectivity index (χ0) is 15.5. The first-order valence-corrected chi connectivity index (χ1v) is 9.06. The zero-order valence-corrected chi connectivity index (χ0v) is 13.3. The van der Waals surface area contributed by atoms with E-state index in [0.717, 1.165) is 17.8 Å². The highest BCUT2D eigenvalue weighted by molar-refractivity contribution is 7.90. The first-order valence-electron chi connectivity index (χ1n) is 7.17. The SMILES string of the molecule is Cc1cc(S(C)(=O)=O)ccc1NCC(=O)NCC1CCC1. The number of carbonyl (C=O) groups is 1. The number of benzene rings is 1. The van der Waals surface area contributed by atoms with E-state index in [1.165, 1.54) is 25.5 Å². The molecule has 1 aromatic carbocycles. The van der Waals surface area contributed by atoms with Gasteiger partial charge in [0.05, 0.1) is 11.4 Å². The molecule has 0 aromatic heterocycles. The molecule has 1 saturated carbocycles. The first-order chi connectivity index (χ1) is 9.86. The van der Waals surface area contributed by atoms with Gasteiger partial charge in [-0.15, -0.1) is 0 Å². The molecule has 0 bridgehead atoms. The van der Waals surface area contributed by atoms with Gasteiger partial charge in [0.2, 0.25) is 5.91 Å². The summed E-state index contributed by atoms with van der Waals surface area (Å²) in [4.78, 5) is 12.0. The lowest BCUT2D eigenvalue weighted by atomic mass is 9.85. The molecule has 1 aliphatic carbocycles. The van der Waals surface area contributed by atoms with E-state index in [4.69, 9.17) is 0 Å². The van der Waals surface area contributed by atoms with Crippen LogP contribution in [-0.2, 0) is 14.6 Å². The Hall–Kier alpha value is -1.56. The second kappa shape index (κ2) is 6.47. The van der Waals surface area contributed by atoms with Crippen LogP contribution in [0.4, 0.5) is 5.69 Å². The third-order valence-corrected chi connectivity index (χ3v) is 4.99. The highest BCUT2D eigenvalue weighted by Gasteiger charge is 2.17. The molecule has 2 rings (SSSR count). The van der Waals surface area contributed by atoms with E-state index in [-0.39, 0.29) is 12.5 Å². The Kier molecular flexibility index (Phi) is 4.88. The van der Waals surface area contributed by atoms with E-state index in [1.807, 2.05) is 6.92 Å². The molecule has 5 nitrogen and oxygen atoms in total. The van der Waals surface area contributed by atoms with Gasteiger partial charge in [-0.3, -0.25) is 4.79 Å². The van der Waals surface area contributed by atoms with Crippen LogP contribution in [0.15, 0.2) is 23.1 Å². The molecule has 116 valence electrons. The Morgan fingerprint density at radius 2 is 2.05 bits per heavy atom. The van der Waals surface area contributed by atoms with Crippen LogP contribution in [0.5, 0.6) is 0 Å². The van der Waals surface area contributed by atoms with E-state index in [9.17, 15) is 13.2 Å². The fraction of sp³-hybridized carbons (Fsp3) is 0.533. The van der Waals surface area contributed by atoms with E-state index in [2.05, 4.69) is 10.6 Å². The molecule has 6 heteroatoms. The monoisotopic (exact) mass is 310 g/mol. The number of hydrogen-bond acceptors (Lipinski definition) is 4. The summed E-state index contributed by atoms with van der Waals surface area (Å²) in [5, 5.41) is 5.96. The van der Waals surface area contributed by atoms with Crippen LogP contribution < -0.4 is 10.6 Å². The number of nitrogens with one attached hydrogen (secondary N) is 2. The highest BCUT2D eigenvalue weighted by atomic mass is 32.2. The molecule has 1 aliphatic rings. The van der Waals surface area contributed by atoms with Gasteiger partial charge < -0.3 is 10.6 Å². The summed E-state index contributed by atoms with van der Waals surface area (Å²) in [6.45, 7) is 2.78. The average Bonchev–Trinajstić information content (AvgIpc) is 2.34. The molecule has 1 amide bonds. The van der Waals surface area contributed by atoms with Crippen molar-refractivity contribution < 1.29 is 13.2 Å². The Morgan fingerprint density at radius 1 is 1.33 bits per heavy atom. The van der Waals surface area contributed by atoms with Crippen molar-refractivity contribution >= 4 is 21.4 Å². The molecule has 2 N–H and O–H groups in total. The Bertz CT molecular complexity index is 622. The van der Waals surface area contributed by atoms with Crippen LogP contribution in [0, 0.1) is 12.8 Å². The molecule has 0 saturated heterocycles. The lowest BCUT2D eigenvalue weighted by molar-refractivity contribution is -0.119. The molecule has 0 aliphatic heterocycles. The number of sulfone groups is 1. The molecule has 1 fully saturated rings. The highest BCUT2D eigenvalue weighted by Crippen LogP contribution is 2.25. The minimum Gasteiger partial charge on any atom is -0.376 e. The maximum absolute atomic E-state index is 11.7. The van der Waals surface area contributed by atoms with Crippen LogP contribution in [0.25, 0.3) is 0 Å². The van der Waals surface area contributed by atoms with Gasteiger partial charge in [-0.2, -0.15) is 0 Å². The molecule has 21 heavy (non-hydrogen) atoms. The molecule has 0 heterocycles. The Balaban J connectivity index is 1.86. The second-order valence-corrected chi connectivity index (χ2v) is 7.72. The predicted octanol–water partition coefficient (Wildman–Crippen LogP) is 1.73. The molecule has 0 unspecified atom stereocenters. The summed E-state index contributed by atoms with van der Waals surface area (Å²) >= 11 is 0. The molecule has 1 aromatic rings. The van der Waals surface area contributed by atoms with Crippen LogP contribution in [-0.4, -0.2) is 33.7 Å². The van der Waals surface area contributed by atoms with Crippen molar-refractivity contribution in [1.82, 2.24) is 5.32 Å². The van der Waals surface area contributed by atoms with Crippen molar-refractivity contribution in [3.05, 3.63) is 23.8 Å². The largest absolute Gasteiger partial charge is 0.376 e. The van der Waals surface area contributed by atoms with Crippen molar-refractivity contribution in [3.63, 3.8) is 0 Å². The standard InChI is InChI=1S/C15H22N2O3S/c1-11-8-13(21(2,19)20)6-7-14(11)16-10-15(18)17-9-12-4-3-5-12/h6-8,12,16H,3-5,9-10H2,1-2H3,(H,17,18). The smallest absolute Gasteiger partial charge is 0.239 e. The average molecular weight is 310 g/mol. The summed E-state index contributed by atoms with van der Waals surface area (Å²) in [6.07, 6.45) is 4.87. The van der Waals surface area contributed by atoms with Gasteiger partial charge in [0.1, 0.15) is 0 Å². The predicted molar refractivity (Wildman–Crippen MR) is 83.1 cm³/mol. The summed E-state index contributed by atoms with van der Waals surface area (Å²) in [5.41, 5.74) is 1.59. The molecular weight excluding hydrogens is 288 g/mol. The van der Waals surface area contributed by atoms with Crippen LogP contribution in [0.1, 0.15) is 24.8 Å².